The maximum absolute atomic E-state index is 11.7. The molecule has 1 amide bonds. The zero-order valence-corrected chi connectivity index (χ0v) is 12.0. The molecule has 0 aliphatic rings. The van der Waals surface area contributed by atoms with Crippen molar-refractivity contribution < 1.29 is 23.1 Å². The normalized spacial score (nSPS) is 12.9. The second-order valence-corrected chi connectivity index (χ2v) is 7.52. The van der Waals surface area contributed by atoms with Crippen molar-refractivity contribution in [3.8, 4) is 0 Å². The summed E-state index contributed by atoms with van der Waals surface area (Å²) >= 11 is 1.14. The zero-order valence-electron chi connectivity index (χ0n) is 10.4. The predicted octanol–water partition coefficient (Wildman–Crippen LogP) is 0.0692. The van der Waals surface area contributed by atoms with Gasteiger partial charge in [-0.05, 0) is 13.3 Å². The van der Waals surface area contributed by atoms with Gasteiger partial charge in [-0.2, -0.15) is 0 Å². The van der Waals surface area contributed by atoms with Crippen molar-refractivity contribution in [2.45, 2.75) is 19.4 Å². The van der Waals surface area contributed by atoms with E-state index in [1.165, 1.54) is 6.20 Å². The molecule has 1 aromatic rings. The molecule has 0 fully saturated rings. The van der Waals surface area contributed by atoms with Crippen molar-refractivity contribution in [1.82, 2.24) is 10.3 Å². The topological polar surface area (TPSA) is 113 Å². The molecule has 9 heteroatoms. The fourth-order valence-electron chi connectivity index (χ4n) is 1.29. The smallest absolute Gasteiger partial charge is 0.326 e. The number of nitrogens with zero attached hydrogens (tertiary/aromatic N) is 1. The number of carboxylic acids is 1. The number of hydrogen-bond donors (Lipinski definition) is 2. The van der Waals surface area contributed by atoms with Crippen molar-refractivity contribution >= 4 is 33.1 Å². The number of thiazole rings is 1. The lowest BCUT2D eigenvalue weighted by Crippen LogP contribution is -2.41. The van der Waals surface area contributed by atoms with E-state index in [-0.39, 0.29) is 12.2 Å². The van der Waals surface area contributed by atoms with Crippen molar-refractivity contribution in [3.05, 3.63) is 16.1 Å². The van der Waals surface area contributed by atoms with Gasteiger partial charge in [-0.25, -0.2) is 18.2 Å². The number of nitrogens with one attached hydrogen (secondary N) is 1. The van der Waals surface area contributed by atoms with Gasteiger partial charge in [-0.15, -0.1) is 11.3 Å². The van der Waals surface area contributed by atoms with Crippen molar-refractivity contribution in [1.29, 1.82) is 0 Å². The van der Waals surface area contributed by atoms with E-state index in [9.17, 15) is 18.0 Å². The minimum Gasteiger partial charge on any atom is -0.480 e. The number of carboxylic acid groups (broad SMARTS) is 1. The third-order valence-corrected chi connectivity index (χ3v) is 4.11. The second kappa shape index (κ2) is 6.11. The van der Waals surface area contributed by atoms with Crippen LogP contribution in [0, 0.1) is 6.92 Å². The molecule has 0 aromatic carbocycles. The van der Waals surface area contributed by atoms with Crippen LogP contribution in [-0.2, 0) is 14.6 Å². The molecule has 1 rings (SSSR count). The number of rotatable bonds is 6. The summed E-state index contributed by atoms with van der Waals surface area (Å²) in [7, 11) is -3.27. The molecule has 1 aromatic heterocycles. The van der Waals surface area contributed by atoms with Crippen LogP contribution in [0.25, 0.3) is 0 Å². The molecule has 1 heterocycles. The van der Waals surface area contributed by atoms with Gasteiger partial charge in [-0.3, -0.25) is 4.79 Å². The fourth-order valence-corrected chi connectivity index (χ4v) is 2.63. The molecule has 19 heavy (non-hydrogen) atoms. The van der Waals surface area contributed by atoms with E-state index in [0.717, 1.165) is 17.6 Å². The maximum atomic E-state index is 11.7. The number of carbonyl (C=O) groups excluding carboxylic acids is 1. The van der Waals surface area contributed by atoms with E-state index in [0.29, 0.717) is 9.88 Å². The first kappa shape index (κ1) is 15.6. The Hall–Kier alpha value is -1.48. The first-order chi connectivity index (χ1) is 8.69. The van der Waals surface area contributed by atoms with Gasteiger partial charge < -0.3 is 10.4 Å². The van der Waals surface area contributed by atoms with Crippen molar-refractivity contribution in [3.63, 3.8) is 0 Å². The Labute approximate surface area is 114 Å². The minimum atomic E-state index is -3.27. The van der Waals surface area contributed by atoms with Crippen molar-refractivity contribution in [2.75, 3.05) is 12.0 Å². The largest absolute Gasteiger partial charge is 0.480 e. The molecule has 7 nitrogen and oxygen atoms in total. The molecular weight excluding hydrogens is 292 g/mol. The van der Waals surface area contributed by atoms with Gasteiger partial charge in [0.2, 0.25) is 0 Å². The average molecular weight is 306 g/mol. The van der Waals surface area contributed by atoms with Gasteiger partial charge in [0.25, 0.3) is 5.91 Å². The summed E-state index contributed by atoms with van der Waals surface area (Å²) in [6, 6.07) is -1.23. The zero-order chi connectivity index (χ0) is 14.6. The summed E-state index contributed by atoms with van der Waals surface area (Å²) in [6.45, 7) is 1.72. The van der Waals surface area contributed by atoms with Crippen molar-refractivity contribution in [2.24, 2.45) is 0 Å². The van der Waals surface area contributed by atoms with Crippen LogP contribution in [0.1, 0.15) is 21.1 Å². The Balaban J connectivity index is 2.68. The molecule has 2 N–H and O–H groups in total. The number of amides is 1. The molecule has 106 valence electrons. The molecule has 0 spiro atoms. The molecule has 0 bridgehead atoms. The summed E-state index contributed by atoms with van der Waals surface area (Å²) in [5.41, 5.74) is 0. The number of aryl methyl sites for hydroxylation is 1. The van der Waals surface area contributed by atoms with E-state index in [4.69, 9.17) is 5.11 Å². The number of aromatic nitrogens is 1. The molecule has 0 radical (unpaired) electrons. The van der Waals surface area contributed by atoms with Crippen LogP contribution in [0.5, 0.6) is 0 Å². The quantitative estimate of drug-likeness (QED) is 0.769. The van der Waals surface area contributed by atoms with E-state index in [1.807, 2.05) is 0 Å². The summed E-state index contributed by atoms with van der Waals surface area (Å²) in [6.07, 6.45) is 2.20. The Morgan fingerprint density at radius 1 is 1.53 bits per heavy atom. The Kier molecular flexibility index (Phi) is 5.01. The first-order valence-electron chi connectivity index (χ1n) is 5.33. The Morgan fingerprint density at radius 2 is 2.16 bits per heavy atom. The molecule has 0 aliphatic carbocycles. The van der Waals surface area contributed by atoms with Gasteiger partial charge in [-0.1, -0.05) is 0 Å². The van der Waals surface area contributed by atoms with Crippen LogP contribution in [0.2, 0.25) is 0 Å². The fraction of sp³-hybridized carbons (Fsp3) is 0.500. The third kappa shape index (κ3) is 5.35. The average Bonchev–Trinajstić information content (AvgIpc) is 2.69. The molecular formula is C10H14N2O5S2. The van der Waals surface area contributed by atoms with Crippen LogP contribution >= 0.6 is 11.3 Å². The molecule has 1 unspecified atom stereocenters. The van der Waals surface area contributed by atoms with E-state index < -0.39 is 27.8 Å². The monoisotopic (exact) mass is 306 g/mol. The van der Waals surface area contributed by atoms with Gasteiger partial charge in [0, 0.05) is 6.26 Å². The highest BCUT2D eigenvalue weighted by Crippen LogP contribution is 2.11. The highest BCUT2D eigenvalue weighted by molar-refractivity contribution is 7.90. The number of hydrogen-bond acceptors (Lipinski definition) is 6. The SMILES string of the molecule is Cc1ncc(C(=O)NC(CCS(C)(=O)=O)C(=O)O)s1. The van der Waals surface area contributed by atoms with Crippen LogP contribution < -0.4 is 5.32 Å². The third-order valence-electron chi connectivity index (χ3n) is 2.23. The minimum absolute atomic E-state index is 0.169. The second-order valence-electron chi connectivity index (χ2n) is 4.03. The highest BCUT2D eigenvalue weighted by Gasteiger charge is 2.23. The molecule has 0 saturated carbocycles. The Bertz CT molecular complexity index is 578. The first-order valence-corrected chi connectivity index (χ1v) is 8.20. The lowest BCUT2D eigenvalue weighted by Gasteiger charge is -2.12. The molecule has 1 atom stereocenters. The van der Waals surface area contributed by atoms with Gasteiger partial charge in [0.05, 0.1) is 17.0 Å². The summed E-state index contributed by atoms with van der Waals surface area (Å²) < 4.78 is 22.0. The Morgan fingerprint density at radius 3 is 2.58 bits per heavy atom. The highest BCUT2D eigenvalue weighted by atomic mass is 32.2. The van der Waals surface area contributed by atoms with Gasteiger partial charge >= 0.3 is 5.97 Å². The van der Waals surface area contributed by atoms with Crippen LogP contribution in [0.4, 0.5) is 0 Å². The summed E-state index contributed by atoms with van der Waals surface area (Å²) in [5.74, 6) is -2.13. The van der Waals surface area contributed by atoms with Crippen LogP contribution in [0.15, 0.2) is 6.20 Å². The number of aliphatic carboxylic acids is 1. The predicted molar refractivity (Wildman–Crippen MR) is 70.1 cm³/mol. The van der Waals surface area contributed by atoms with Gasteiger partial charge in [0.15, 0.2) is 0 Å². The van der Waals surface area contributed by atoms with E-state index >= 15 is 0 Å². The number of sulfone groups is 1. The number of carbonyl (C=O) groups is 2. The lowest BCUT2D eigenvalue weighted by atomic mass is 10.2. The van der Waals surface area contributed by atoms with Crippen LogP contribution in [0.3, 0.4) is 0 Å². The molecule has 0 aliphatic heterocycles. The summed E-state index contributed by atoms with van der Waals surface area (Å²) in [5, 5.41) is 11.9. The molecule has 0 saturated heterocycles. The summed E-state index contributed by atoms with van der Waals surface area (Å²) in [4.78, 5) is 26.9. The van der Waals surface area contributed by atoms with Gasteiger partial charge in [0.1, 0.15) is 20.8 Å². The maximum Gasteiger partial charge on any atom is 0.326 e. The van der Waals surface area contributed by atoms with E-state index in [2.05, 4.69) is 10.3 Å². The standard InChI is InChI=1S/C10H14N2O5S2/c1-6-11-5-8(18-6)9(13)12-7(10(14)15)3-4-19(2,16)17/h5,7H,3-4H2,1-2H3,(H,12,13)(H,14,15). The lowest BCUT2D eigenvalue weighted by molar-refractivity contribution is -0.139. The van der Waals surface area contributed by atoms with Crippen LogP contribution in [-0.4, -0.2) is 48.4 Å². The van der Waals surface area contributed by atoms with E-state index in [1.54, 1.807) is 6.92 Å².